The first-order chi connectivity index (χ1) is 6.74. The molecule has 0 aromatic rings. The zero-order chi connectivity index (χ0) is 10.4. The average Bonchev–Trinajstić information content (AvgIpc) is 2.81. The van der Waals surface area contributed by atoms with E-state index in [9.17, 15) is 4.79 Å². The van der Waals surface area contributed by atoms with Crippen LogP contribution in [0.3, 0.4) is 0 Å². The molecule has 1 saturated heterocycles. The maximum absolute atomic E-state index is 11.2. The number of carbonyl (C=O) groups excluding carboxylic acids is 1. The molecule has 2 unspecified atom stereocenters. The van der Waals surface area contributed by atoms with Crippen molar-refractivity contribution in [3.8, 4) is 0 Å². The summed E-state index contributed by atoms with van der Waals surface area (Å²) in [6.07, 6.45) is 5.37. The Morgan fingerprint density at radius 2 is 2.07 bits per heavy atom. The van der Waals surface area contributed by atoms with E-state index in [0.717, 1.165) is 12.8 Å². The van der Waals surface area contributed by atoms with Gasteiger partial charge < -0.3 is 9.47 Å². The first kappa shape index (κ1) is 11.5. The minimum Gasteiger partial charge on any atom is -0.466 e. The normalized spacial score (nSPS) is 24.7. The molecule has 0 aliphatic carbocycles. The SMILES string of the molecule is CCCCCCOC(=O)CC1OC1C. The van der Waals surface area contributed by atoms with Crippen LogP contribution in [-0.4, -0.2) is 24.8 Å². The van der Waals surface area contributed by atoms with E-state index >= 15 is 0 Å². The van der Waals surface area contributed by atoms with Gasteiger partial charge in [-0.3, -0.25) is 4.79 Å². The number of ether oxygens (including phenoxy) is 2. The molecule has 0 bridgehead atoms. The molecule has 0 radical (unpaired) electrons. The van der Waals surface area contributed by atoms with Crippen molar-refractivity contribution in [3.63, 3.8) is 0 Å². The molecule has 1 heterocycles. The van der Waals surface area contributed by atoms with E-state index in [2.05, 4.69) is 6.92 Å². The van der Waals surface area contributed by atoms with Crippen LogP contribution in [0, 0.1) is 0 Å². The fraction of sp³-hybridized carbons (Fsp3) is 0.909. The maximum Gasteiger partial charge on any atom is 0.308 e. The molecule has 1 rings (SSSR count). The van der Waals surface area contributed by atoms with E-state index in [1.165, 1.54) is 12.8 Å². The Bertz CT molecular complexity index is 179. The van der Waals surface area contributed by atoms with Crippen molar-refractivity contribution in [1.29, 1.82) is 0 Å². The van der Waals surface area contributed by atoms with Crippen LogP contribution in [0.5, 0.6) is 0 Å². The Kier molecular flexibility index (Phi) is 4.94. The number of rotatable bonds is 7. The third-order valence-electron chi connectivity index (χ3n) is 2.47. The molecule has 2 atom stereocenters. The molecule has 0 amide bonds. The summed E-state index contributed by atoms with van der Waals surface area (Å²) >= 11 is 0. The topological polar surface area (TPSA) is 38.8 Å². The van der Waals surface area contributed by atoms with Gasteiger partial charge >= 0.3 is 5.97 Å². The largest absolute Gasteiger partial charge is 0.466 e. The highest BCUT2D eigenvalue weighted by molar-refractivity contribution is 5.70. The van der Waals surface area contributed by atoms with Crippen molar-refractivity contribution in [2.75, 3.05) is 6.61 Å². The van der Waals surface area contributed by atoms with Crippen LogP contribution in [0.2, 0.25) is 0 Å². The second-order valence-electron chi connectivity index (χ2n) is 3.86. The number of carbonyl (C=O) groups is 1. The van der Waals surface area contributed by atoms with Gasteiger partial charge in [-0.2, -0.15) is 0 Å². The summed E-state index contributed by atoms with van der Waals surface area (Å²) in [6, 6.07) is 0. The van der Waals surface area contributed by atoms with Crippen LogP contribution < -0.4 is 0 Å². The summed E-state index contributed by atoms with van der Waals surface area (Å²) in [5.41, 5.74) is 0. The van der Waals surface area contributed by atoms with Gasteiger partial charge in [0.1, 0.15) is 0 Å². The molecule has 1 fully saturated rings. The van der Waals surface area contributed by atoms with Crippen molar-refractivity contribution in [2.24, 2.45) is 0 Å². The van der Waals surface area contributed by atoms with Gasteiger partial charge in [-0.15, -0.1) is 0 Å². The summed E-state index contributed by atoms with van der Waals surface area (Å²) in [5.74, 6) is -0.115. The van der Waals surface area contributed by atoms with Crippen LogP contribution >= 0.6 is 0 Å². The van der Waals surface area contributed by atoms with Crippen LogP contribution in [0.15, 0.2) is 0 Å². The molecule has 3 heteroatoms. The Morgan fingerprint density at radius 1 is 1.36 bits per heavy atom. The van der Waals surface area contributed by atoms with Crippen molar-refractivity contribution >= 4 is 5.97 Å². The lowest BCUT2D eigenvalue weighted by atomic mass is 10.2. The van der Waals surface area contributed by atoms with Gasteiger partial charge in [0.2, 0.25) is 0 Å². The molecule has 82 valence electrons. The molecular weight excluding hydrogens is 180 g/mol. The molecule has 3 nitrogen and oxygen atoms in total. The fourth-order valence-corrected chi connectivity index (χ4v) is 1.38. The predicted molar refractivity (Wildman–Crippen MR) is 54.1 cm³/mol. The van der Waals surface area contributed by atoms with Crippen molar-refractivity contribution in [3.05, 3.63) is 0 Å². The monoisotopic (exact) mass is 200 g/mol. The second kappa shape index (κ2) is 6.02. The van der Waals surface area contributed by atoms with Crippen LogP contribution in [0.4, 0.5) is 0 Å². The minimum atomic E-state index is -0.115. The van der Waals surface area contributed by atoms with E-state index in [1.54, 1.807) is 0 Å². The van der Waals surface area contributed by atoms with E-state index in [1.807, 2.05) is 6.92 Å². The molecule has 0 N–H and O–H groups in total. The first-order valence-corrected chi connectivity index (χ1v) is 5.55. The van der Waals surface area contributed by atoms with Crippen LogP contribution in [0.25, 0.3) is 0 Å². The lowest BCUT2D eigenvalue weighted by molar-refractivity contribution is -0.144. The summed E-state index contributed by atoms with van der Waals surface area (Å²) in [4.78, 5) is 11.2. The van der Waals surface area contributed by atoms with Gasteiger partial charge in [0, 0.05) is 0 Å². The average molecular weight is 200 g/mol. The molecule has 1 aliphatic heterocycles. The number of hydrogen-bond donors (Lipinski definition) is 0. The van der Waals surface area contributed by atoms with Crippen molar-refractivity contribution in [2.45, 2.75) is 58.2 Å². The Balaban J connectivity index is 1.88. The Morgan fingerprint density at radius 3 is 2.64 bits per heavy atom. The molecule has 0 spiro atoms. The summed E-state index contributed by atoms with van der Waals surface area (Å²) < 4.78 is 10.2. The van der Waals surface area contributed by atoms with E-state index in [-0.39, 0.29) is 18.2 Å². The van der Waals surface area contributed by atoms with Crippen LogP contribution in [0.1, 0.15) is 46.0 Å². The molecular formula is C11H20O3. The lowest BCUT2D eigenvalue weighted by Gasteiger charge is -2.02. The molecule has 0 aromatic carbocycles. The quantitative estimate of drug-likeness (QED) is 0.359. The zero-order valence-electron chi connectivity index (χ0n) is 9.12. The van der Waals surface area contributed by atoms with Crippen molar-refractivity contribution < 1.29 is 14.3 Å². The first-order valence-electron chi connectivity index (χ1n) is 5.55. The summed E-state index contributed by atoms with van der Waals surface area (Å²) in [5, 5.41) is 0. The third-order valence-corrected chi connectivity index (χ3v) is 2.47. The molecule has 14 heavy (non-hydrogen) atoms. The molecule has 0 saturated carbocycles. The summed E-state index contributed by atoms with van der Waals surface area (Å²) in [7, 11) is 0. The fourth-order valence-electron chi connectivity index (χ4n) is 1.38. The molecule has 1 aliphatic rings. The zero-order valence-corrected chi connectivity index (χ0v) is 9.12. The highest BCUT2D eigenvalue weighted by Gasteiger charge is 2.36. The predicted octanol–water partition coefficient (Wildman–Crippen LogP) is 2.29. The van der Waals surface area contributed by atoms with Crippen LogP contribution in [-0.2, 0) is 14.3 Å². The Hall–Kier alpha value is -0.570. The minimum absolute atomic E-state index is 0.115. The molecule has 0 aromatic heterocycles. The lowest BCUT2D eigenvalue weighted by Crippen LogP contribution is -2.09. The van der Waals surface area contributed by atoms with Gasteiger partial charge in [0.15, 0.2) is 0 Å². The standard InChI is InChI=1S/C11H20O3/c1-3-4-5-6-7-13-11(12)8-10-9(2)14-10/h9-10H,3-8H2,1-2H3. The second-order valence-corrected chi connectivity index (χ2v) is 3.86. The number of esters is 1. The highest BCUT2D eigenvalue weighted by atomic mass is 16.6. The number of hydrogen-bond acceptors (Lipinski definition) is 3. The highest BCUT2D eigenvalue weighted by Crippen LogP contribution is 2.24. The van der Waals surface area contributed by atoms with E-state index < -0.39 is 0 Å². The third kappa shape index (κ3) is 4.61. The van der Waals surface area contributed by atoms with Gasteiger partial charge in [-0.05, 0) is 13.3 Å². The maximum atomic E-state index is 11.2. The van der Waals surface area contributed by atoms with Gasteiger partial charge in [-0.1, -0.05) is 26.2 Å². The van der Waals surface area contributed by atoms with Gasteiger partial charge in [-0.25, -0.2) is 0 Å². The number of epoxide rings is 1. The number of unbranched alkanes of at least 4 members (excludes halogenated alkanes) is 3. The Labute approximate surface area is 85.8 Å². The van der Waals surface area contributed by atoms with E-state index in [4.69, 9.17) is 9.47 Å². The van der Waals surface area contributed by atoms with Crippen molar-refractivity contribution in [1.82, 2.24) is 0 Å². The van der Waals surface area contributed by atoms with E-state index in [0.29, 0.717) is 13.0 Å². The smallest absolute Gasteiger partial charge is 0.308 e. The van der Waals surface area contributed by atoms with Gasteiger partial charge in [0.05, 0.1) is 25.2 Å². The van der Waals surface area contributed by atoms with Gasteiger partial charge in [0.25, 0.3) is 0 Å². The summed E-state index contributed by atoms with van der Waals surface area (Å²) in [6.45, 7) is 4.71.